The summed E-state index contributed by atoms with van der Waals surface area (Å²) in [6.45, 7) is 7.28. The fourth-order valence-corrected chi connectivity index (χ4v) is 2.31. The van der Waals surface area contributed by atoms with Gasteiger partial charge in [0, 0.05) is 5.56 Å². The Hall–Kier alpha value is -2.37. The van der Waals surface area contributed by atoms with E-state index in [1.54, 1.807) is 12.1 Å². The summed E-state index contributed by atoms with van der Waals surface area (Å²) in [6.07, 6.45) is 0.339. The number of benzene rings is 1. The smallest absolute Gasteiger partial charge is 0.326 e. The van der Waals surface area contributed by atoms with E-state index in [1.807, 2.05) is 33.8 Å². The highest BCUT2D eigenvalue weighted by molar-refractivity contribution is 5.97. The second-order valence-electron chi connectivity index (χ2n) is 6.15. The molecule has 0 aliphatic rings. The van der Waals surface area contributed by atoms with Gasteiger partial charge >= 0.3 is 5.97 Å². The first-order valence-corrected chi connectivity index (χ1v) is 7.57. The van der Waals surface area contributed by atoms with Gasteiger partial charge in [0.05, 0.1) is 6.54 Å². The molecule has 0 spiro atoms. The van der Waals surface area contributed by atoms with Gasteiger partial charge in [-0.1, -0.05) is 31.0 Å². The molecule has 1 aromatic carbocycles. The molecule has 0 fully saturated rings. The summed E-state index contributed by atoms with van der Waals surface area (Å²) in [5.74, 6) is -1.81. The second-order valence-corrected chi connectivity index (χ2v) is 6.15. The molecule has 6 nitrogen and oxygen atoms in total. The normalized spacial score (nSPS) is 11.9. The minimum atomic E-state index is -1.08. The van der Waals surface area contributed by atoms with Crippen molar-refractivity contribution in [2.45, 2.75) is 40.2 Å². The number of hydrogen-bond donors (Lipinski definition) is 3. The Balaban J connectivity index is 2.57. The molecule has 126 valence electrons. The van der Waals surface area contributed by atoms with Gasteiger partial charge < -0.3 is 15.7 Å². The molecule has 1 rings (SSSR count). The van der Waals surface area contributed by atoms with Crippen LogP contribution in [0.1, 0.15) is 41.8 Å². The molecule has 1 unspecified atom stereocenters. The number of rotatable bonds is 7. The van der Waals surface area contributed by atoms with E-state index in [-0.39, 0.29) is 18.4 Å². The summed E-state index contributed by atoms with van der Waals surface area (Å²) in [5.41, 5.74) is 2.40. The summed E-state index contributed by atoms with van der Waals surface area (Å²) in [5, 5.41) is 14.0. The fraction of sp³-hybridized carbons (Fsp3) is 0.471. The Bertz CT molecular complexity index is 576. The maximum absolute atomic E-state index is 12.0. The van der Waals surface area contributed by atoms with Gasteiger partial charge in [0.15, 0.2) is 0 Å². The molecule has 0 saturated carbocycles. The van der Waals surface area contributed by atoms with Crippen LogP contribution in [-0.4, -0.2) is 35.5 Å². The van der Waals surface area contributed by atoms with Crippen molar-refractivity contribution in [2.75, 3.05) is 6.54 Å². The van der Waals surface area contributed by atoms with Gasteiger partial charge in [-0.25, -0.2) is 4.79 Å². The van der Waals surface area contributed by atoms with E-state index in [4.69, 9.17) is 5.11 Å². The predicted molar refractivity (Wildman–Crippen MR) is 87.3 cm³/mol. The highest BCUT2D eigenvalue weighted by Crippen LogP contribution is 2.08. The Morgan fingerprint density at radius 1 is 1.09 bits per heavy atom. The van der Waals surface area contributed by atoms with E-state index in [1.165, 1.54) is 0 Å². The summed E-state index contributed by atoms with van der Waals surface area (Å²) in [7, 11) is 0. The highest BCUT2D eigenvalue weighted by Gasteiger charge is 2.21. The molecule has 0 aliphatic heterocycles. The standard InChI is InChI=1S/C17H24N2O4/c1-10(2)5-14(17(22)23)19-15(20)9-18-16(21)13-7-11(3)6-12(4)8-13/h6-8,10,14H,5,9H2,1-4H3,(H,18,21)(H,19,20)(H,22,23). The maximum atomic E-state index is 12.0. The van der Waals surface area contributed by atoms with Crippen LogP contribution in [0.25, 0.3) is 0 Å². The molecule has 0 aliphatic carbocycles. The number of carbonyl (C=O) groups is 3. The van der Waals surface area contributed by atoms with Gasteiger partial charge in [0.1, 0.15) is 6.04 Å². The van der Waals surface area contributed by atoms with Gasteiger partial charge in [-0.15, -0.1) is 0 Å². The molecule has 6 heteroatoms. The molecule has 1 aromatic rings. The molecule has 0 heterocycles. The average molecular weight is 320 g/mol. The number of aliphatic carboxylic acids is 1. The lowest BCUT2D eigenvalue weighted by Crippen LogP contribution is -2.46. The predicted octanol–water partition coefficient (Wildman–Crippen LogP) is 1.65. The largest absolute Gasteiger partial charge is 0.480 e. The molecule has 23 heavy (non-hydrogen) atoms. The van der Waals surface area contributed by atoms with Crippen molar-refractivity contribution in [2.24, 2.45) is 5.92 Å². The van der Waals surface area contributed by atoms with Gasteiger partial charge in [0.25, 0.3) is 5.91 Å². The molecule has 3 N–H and O–H groups in total. The van der Waals surface area contributed by atoms with Crippen LogP contribution in [0.5, 0.6) is 0 Å². The van der Waals surface area contributed by atoms with Crippen LogP contribution in [0.2, 0.25) is 0 Å². The van der Waals surface area contributed by atoms with E-state index in [2.05, 4.69) is 10.6 Å². The van der Waals surface area contributed by atoms with Gasteiger partial charge in [-0.3, -0.25) is 9.59 Å². The van der Waals surface area contributed by atoms with Crippen LogP contribution in [-0.2, 0) is 9.59 Å². The highest BCUT2D eigenvalue weighted by atomic mass is 16.4. The second kappa shape index (κ2) is 8.31. The number of aryl methyl sites for hydroxylation is 2. The quantitative estimate of drug-likeness (QED) is 0.712. The van der Waals surface area contributed by atoms with E-state index >= 15 is 0 Å². The van der Waals surface area contributed by atoms with Crippen molar-refractivity contribution in [3.8, 4) is 0 Å². The number of carbonyl (C=O) groups excluding carboxylic acids is 2. The van der Waals surface area contributed by atoms with Crippen LogP contribution < -0.4 is 10.6 Å². The van der Waals surface area contributed by atoms with Crippen molar-refractivity contribution in [3.05, 3.63) is 34.9 Å². The topological polar surface area (TPSA) is 95.5 Å². The molecular formula is C17H24N2O4. The average Bonchev–Trinajstić information content (AvgIpc) is 2.42. The van der Waals surface area contributed by atoms with Crippen LogP contribution >= 0.6 is 0 Å². The third-order valence-corrected chi connectivity index (χ3v) is 3.23. The lowest BCUT2D eigenvalue weighted by Gasteiger charge is -2.16. The molecule has 2 amide bonds. The Kier molecular flexibility index (Phi) is 6.75. The molecule has 0 bridgehead atoms. The Labute approximate surface area is 136 Å². The SMILES string of the molecule is Cc1cc(C)cc(C(=O)NCC(=O)NC(CC(C)C)C(=O)O)c1. The van der Waals surface area contributed by atoms with E-state index in [0.717, 1.165) is 11.1 Å². The van der Waals surface area contributed by atoms with E-state index < -0.39 is 17.9 Å². The molecular weight excluding hydrogens is 296 g/mol. The van der Waals surface area contributed by atoms with Crippen LogP contribution in [0.4, 0.5) is 0 Å². The zero-order valence-electron chi connectivity index (χ0n) is 14.0. The lowest BCUT2D eigenvalue weighted by atomic mass is 10.0. The van der Waals surface area contributed by atoms with Gasteiger partial charge in [-0.2, -0.15) is 0 Å². The third-order valence-electron chi connectivity index (χ3n) is 3.23. The third kappa shape index (κ3) is 6.50. The van der Waals surface area contributed by atoms with Crippen molar-refractivity contribution in [3.63, 3.8) is 0 Å². The van der Waals surface area contributed by atoms with Crippen LogP contribution in [0, 0.1) is 19.8 Å². The molecule has 1 atom stereocenters. The lowest BCUT2D eigenvalue weighted by molar-refractivity contribution is -0.142. The van der Waals surface area contributed by atoms with Crippen LogP contribution in [0.15, 0.2) is 18.2 Å². The molecule has 0 aromatic heterocycles. The first kappa shape index (κ1) is 18.7. The number of carboxylic acid groups (broad SMARTS) is 1. The summed E-state index contributed by atoms with van der Waals surface area (Å²) < 4.78 is 0. The van der Waals surface area contributed by atoms with Crippen molar-refractivity contribution in [1.29, 1.82) is 0 Å². The maximum Gasteiger partial charge on any atom is 0.326 e. The first-order chi connectivity index (χ1) is 10.7. The van der Waals surface area contributed by atoms with Crippen molar-refractivity contribution < 1.29 is 19.5 Å². The summed E-state index contributed by atoms with van der Waals surface area (Å²) in [4.78, 5) is 35.0. The minimum Gasteiger partial charge on any atom is -0.480 e. The van der Waals surface area contributed by atoms with Crippen molar-refractivity contribution in [1.82, 2.24) is 10.6 Å². The molecule has 0 saturated heterocycles. The summed E-state index contributed by atoms with van der Waals surface area (Å²) >= 11 is 0. The zero-order chi connectivity index (χ0) is 17.6. The van der Waals surface area contributed by atoms with Gasteiger partial charge in [-0.05, 0) is 38.3 Å². The zero-order valence-corrected chi connectivity index (χ0v) is 14.0. The van der Waals surface area contributed by atoms with E-state index in [9.17, 15) is 14.4 Å². The fourth-order valence-electron chi connectivity index (χ4n) is 2.31. The number of nitrogens with one attached hydrogen (secondary N) is 2. The number of carboxylic acids is 1. The minimum absolute atomic E-state index is 0.140. The number of hydrogen-bond acceptors (Lipinski definition) is 3. The van der Waals surface area contributed by atoms with Crippen LogP contribution in [0.3, 0.4) is 0 Å². The first-order valence-electron chi connectivity index (χ1n) is 7.57. The Morgan fingerprint density at radius 3 is 2.13 bits per heavy atom. The van der Waals surface area contributed by atoms with Crippen molar-refractivity contribution >= 4 is 17.8 Å². The number of amides is 2. The van der Waals surface area contributed by atoms with Gasteiger partial charge in [0.2, 0.25) is 5.91 Å². The summed E-state index contributed by atoms with van der Waals surface area (Å²) in [6, 6.07) is 4.48. The molecule has 0 radical (unpaired) electrons. The Morgan fingerprint density at radius 2 is 1.65 bits per heavy atom. The van der Waals surface area contributed by atoms with E-state index in [0.29, 0.717) is 12.0 Å². The monoisotopic (exact) mass is 320 g/mol.